The summed E-state index contributed by atoms with van der Waals surface area (Å²) < 4.78 is 10.7. The van der Waals surface area contributed by atoms with Crippen molar-refractivity contribution in [3.63, 3.8) is 0 Å². The molecule has 2 aromatic rings. The number of aromatic nitrogens is 5. The first-order valence-corrected chi connectivity index (χ1v) is 11.9. The molecule has 1 saturated heterocycles. The summed E-state index contributed by atoms with van der Waals surface area (Å²) in [6, 6.07) is 0.182. The fraction of sp³-hybridized carbons (Fsp3) is 0.783. The van der Waals surface area contributed by atoms with E-state index in [4.69, 9.17) is 4.74 Å². The van der Waals surface area contributed by atoms with Gasteiger partial charge in [0, 0.05) is 38.6 Å². The summed E-state index contributed by atoms with van der Waals surface area (Å²) in [4.78, 5) is 7.14. The van der Waals surface area contributed by atoms with Crippen LogP contribution in [0.5, 0.6) is 0 Å². The third-order valence-corrected chi connectivity index (χ3v) is 7.39. The molecule has 2 saturated carbocycles. The molecule has 2 aromatic heterocycles. The number of hydrogen-bond acceptors (Lipinski definition) is 6. The molecule has 3 heterocycles. The molecule has 0 unspecified atom stereocenters. The van der Waals surface area contributed by atoms with Crippen LogP contribution < -0.4 is 0 Å². The van der Waals surface area contributed by atoms with Crippen LogP contribution >= 0.6 is 0 Å². The molecule has 0 amide bonds. The molecule has 5 rings (SSSR count). The monoisotopic (exact) mass is 428 g/mol. The average Bonchev–Trinajstić information content (AvgIpc) is 3.11. The Balaban J connectivity index is 1.30. The van der Waals surface area contributed by atoms with Gasteiger partial charge in [-0.25, -0.2) is 9.67 Å². The minimum atomic E-state index is -0.981. The number of nitrogens with zero attached hydrogens (tertiary/aromatic N) is 6. The largest absolute Gasteiger partial charge is 0.384 e. The number of fused-ring (bicyclic) bond motifs is 1. The third kappa shape index (κ3) is 4.56. The van der Waals surface area contributed by atoms with Crippen molar-refractivity contribution in [3.05, 3.63) is 30.1 Å². The second-order valence-electron chi connectivity index (χ2n) is 10.3. The smallest absolute Gasteiger partial charge is 0.122 e. The fourth-order valence-electron chi connectivity index (χ4n) is 5.32. The lowest BCUT2D eigenvalue weighted by Gasteiger charge is -2.37. The van der Waals surface area contributed by atoms with Crippen molar-refractivity contribution in [2.75, 3.05) is 19.7 Å². The molecule has 170 valence electrons. The molecular formula is C23H36N6O2. The lowest BCUT2D eigenvalue weighted by Crippen LogP contribution is -2.38. The first kappa shape index (κ1) is 21.1. The maximum absolute atomic E-state index is 10.3. The predicted molar refractivity (Wildman–Crippen MR) is 116 cm³/mol. The van der Waals surface area contributed by atoms with Crippen molar-refractivity contribution in [2.24, 2.45) is 17.8 Å². The summed E-state index contributed by atoms with van der Waals surface area (Å²) in [5.41, 5.74) is -0.361. The highest BCUT2D eigenvalue weighted by molar-refractivity contribution is 5.05. The standard InChI is InChI=1S/C23H36N6O2/c1-4-28-8-7-24-22(28)14-27-11-17-9-19(29-13-21(25-26-29)23(2,3)30)20(10-18(17)12-27)31-15-16-5-6-16/h7-8,13,16-20,30H,4-6,9-12,14-15H2,1-3H3/t17-,18+,19-,20-/m1/s1. The van der Waals surface area contributed by atoms with Gasteiger partial charge in [-0.2, -0.15) is 0 Å². The number of hydrogen-bond donors (Lipinski definition) is 1. The van der Waals surface area contributed by atoms with E-state index in [1.54, 1.807) is 13.8 Å². The fourth-order valence-corrected chi connectivity index (χ4v) is 5.32. The van der Waals surface area contributed by atoms with Crippen LogP contribution in [0.4, 0.5) is 0 Å². The predicted octanol–water partition coefficient (Wildman–Crippen LogP) is 2.60. The summed E-state index contributed by atoms with van der Waals surface area (Å²) in [6.07, 6.45) is 10.8. The summed E-state index contributed by atoms with van der Waals surface area (Å²) in [5.74, 6) is 3.19. The van der Waals surface area contributed by atoms with E-state index < -0.39 is 5.60 Å². The molecule has 0 radical (unpaired) electrons. The van der Waals surface area contributed by atoms with Crippen LogP contribution in [-0.2, 0) is 23.4 Å². The van der Waals surface area contributed by atoms with Crippen LogP contribution in [0.2, 0.25) is 0 Å². The van der Waals surface area contributed by atoms with E-state index in [-0.39, 0.29) is 12.1 Å². The molecule has 1 N–H and O–H groups in total. The first-order valence-electron chi connectivity index (χ1n) is 11.9. The summed E-state index contributed by atoms with van der Waals surface area (Å²) in [6.45, 7) is 10.6. The van der Waals surface area contributed by atoms with Crippen molar-refractivity contribution in [2.45, 2.75) is 77.3 Å². The van der Waals surface area contributed by atoms with Crippen LogP contribution in [0.1, 0.15) is 64.0 Å². The van der Waals surface area contributed by atoms with E-state index in [1.807, 2.05) is 17.1 Å². The Morgan fingerprint density at radius 3 is 2.65 bits per heavy atom. The van der Waals surface area contributed by atoms with Gasteiger partial charge in [0.25, 0.3) is 0 Å². The number of rotatable bonds is 8. The van der Waals surface area contributed by atoms with Gasteiger partial charge in [-0.1, -0.05) is 5.21 Å². The van der Waals surface area contributed by atoms with Gasteiger partial charge in [-0.05, 0) is 64.2 Å². The van der Waals surface area contributed by atoms with Gasteiger partial charge in [-0.15, -0.1) is 5.10 Å². The molecule has 3 fully saturated rings. The minimum Gasteiger partial charge on any atom is -0.384 e. The SMILES string of the molecule is CCn1ccnc1CN1C[C@H]2C[C@@H](n3cc(C(C)(C)O)nn3)[C@H](OCC3CC3)C[C@H]2C1. The highest BCUT2D eigenvalue weighted by Crippen LogP contribution is 2.43. The lowest BCUT2D eigenvalue weighted by molar-refractivity contribution is -0.0376. The Labute approximate surface area is 184 Å². The van der Waals surface area contributed by atoms with E-state index in [1.165, 1.54) is 12.8 Å². The lowest BCUT2D eigenvalue weighted by atomic mass is 9.77. The highest BCUT2D eigenvalue weighted by atomic mass is 16.5. The van der Waals surface area contributed by atoms with Crippen LogP contribution in [-0.4, -0.2) is 60.4 Å². The Kier molecular flexibility index (Phi) is 5.65. The molecule has 3 aliphatic rings. The van der Waals surface area contributed by atoms with Gasteiger partial charge in [0.15, 0.2) is 0 Å². The molecule has 2 aliphatic carbocycles. The van der Waals surface area contributed by atoms with Crippen molar-refractivity contribution in [1.82, 2.24) is 29.4 Å². The molecule has 0 bridgehead atoms. The summed E-state index contributed by atoms with van der Waals surface area (Å²) in [5, 5.41) is 19.0. The zero-order valence-corrected chi connectivity index (χ0v) is 19.0. The summed E-state index contributed by atoms with van der Waals surface area (Å²) >= 11 is 0. The normalized spacial score (nSPS) is 29.4. The average molecular weight is 429 g/mol. The second-order valence-corrected chi connectivity index (χ2v) is 10.3. The molecule has 0 aromatic carbocycles. The van der Waals surface area contributed by atoms with Crippen molar-refractivity contribution in [3.8, 4) is 0 Å². The van der Waals surface area contributed by atoms with Gasteiger partial charge >= 0.3 is 0 Å². The zero-order valence-electron chi connectivity index (χ0n) is 19.0. The molecule has 0 spiro atoms. The Morgan fingerprint density at radius 2 is 1.97 bits per heavy atom. The van der Waals surface area contributed by atoms with E-state index in [2.05, 4.69) is 37.9 Å². The van der Waals surface area contributed by atoms with E-state index >= 15 is 0 Å². The topological polar surface area (TPSA) is 81.2 Å². The van der Waals surface area contributed by atoms with Gasteiger partial charge in [0.1, 0.15) is 17.1 Å². The molecule has 31 heavy (non-hydrogen) atoms. The van der Waals surface area contributed by atoms with Crippen LogP contribution in [0.3, 0.4) is 0 Å². The molecule has 4 atom stereocenters. The van der Waals surface area contributed by atoms with Crippen LogP contribution in [0.15, 0.2) is 18.6 Å². The highest BCUT2D eigenvalue weighted by Gasteiger charge is 2.44. The number of aryl methyl sites for hydroxylation is 1. The van der Waals surface area contributed by atoms with Crippen molar-refractivity contribution in [1.29, 1.82) is 0 Å². The molecule has 8 heteroatoms. The second kappa shape index (κ2) is 8.30. The number of imidazole rings is 1. The van der Waals surface area contributed by atoms with E-state index in [0.29, 0.717) is 17.5 Å². The van der Waals surface area contributed by atoms with Crippen LogP contribution in [0.25, 0.3) is 0 Å². The van der Waals surface area contributed by atoms with Gasteiger partial charge in [-0.3, -0.25) is 4.90 Å². The maximum Gasteiger partial charge on any atom is 0.122 e. The molecular weight excluding hydrogens is 392 g/mol. The third-order valence-electron chi connectivity index (χ3n) is 7.39. The molecule has 8 nitrogen and oxygen atoms in total. The van der Waals surface area contributed by atoms with Crippen LogP contribution in [0, 0.1) is 17.8 Å². The van der Waals surface area contributed by atoms with Gasteiger partial charge in [0.2, 0.25) is 0 Å². The quantitative estimate of drug-likeness (QED) is 0.696. The Morgan fingerprint density at radius 1 is 1.19 bits per heavy atom. The maximum atomic E-state index is 10.3. The number of ether oxygens (including phenoxy) is 1. The number of likely N-dealkylation sites (tertiary alicyclic amines) is 1. The van der Waals surface area contributed by atoms with E-state index in [0.717, 1.165) is 57.4 Å². The minimum absolute atomic E-state index is 0.163. The van der Waals surface area contributed by atoms with Gasteiger partial charge < -0.3 is 14.4 Å². The zero-order chi connectivity index (χ0) is 21.6. The first-order chi connectivity index (χ1) is 14.9. The number of aliphatic hydroxyl groups is 1. The van der Waals surface area contributed by atoms with Crippen molar-refractivity contribution < 1.29 is 9.84 Å². The van der Waals surface area contributed by atoms with Gasteiger partial charge in [0.05, 0.1) is 24.9 Å². The summed E-state index contributed by atoms with van der Waals surface area (Å²) in [7, 11) is 0. The molecule has 1 aliphatic heterocycles. The Bertz CT molecular complexity index is 883. The van der Waals surface area contributed by atoms with E-state index in [9.17, 15) is 5.11 Å². The van der Waals surface area contributed by atoms with Crippen molar-refractivity contribution >= 4 is 0 Å². The Hall–Kier alpha value is -1.77.